The van der Waals surface area contributed by atoms with E-state index in [0.717, 1.165) is 0 Å². The first-order valence-corrected chi connectivity index (χ1v) is 3.70. The first kappa shape index (κ1) is 10.9. The Morgan fingerprint density at radius 1 is 0.917 bits per heavy atom. The molecule has 0 spiro atoms. The molecule has 0 aliphatic carbocycles. The average molecular weight is 174 g/mol. The minimum Gasteiger partial charge on any atom is -0.469 e. The van der Waals surface area contributed by atoms with Crippen LogP contribution in [0.4, 0.5) is 0 Å². The Morgan fingerprint density at radius 3 is 1.33 bits per heavy atom. The Labute approximate surface area is 71.8 Å². The molecule has 0 saturated heterocycles. The van der Waals surface area contributed by atoms with Crippen molar-refractivity contribution in [2.75, 3.05) is 14.2 Å². The van der Waals surface area contributed by atoms with Crippen molar-refractivity contribution in [2.45, 2.75) is 13.8 Å². The largest absolute Gasteiger partial charge is 0.469 e. The van der Waals surface area contributed by atoms with E-state index in [1.54, 1.807) is 13.8 Å². The molecule has 0 aliphatic rings. The second-order valence-corrected chi connectivity index (χ2v) is 2.62. The van der Waals surface area contributed by atoms with Crippen LogP contribution in [0, 0.1) is 11.8 Å². The van der Waals surface area contributed by atoms with Gasteiger partial charge in [0.05, 0.1) is 26.1 Å². The number of methoxy groups -OCH3 is 2. The highest BCUT2D eigenvalue weighted by Crippen LogP contribution is 2.13. The summed E-state index contributed by atoms with van der Waals surface area (Å²) in [5, 5.41) is 0. The van der Waals surface area contributed by atoms with Gasteiger partial charge in [0.2, 0.25) is 0 Å². The number of rotatable bonds is 3. The van der Waals surface area contributed by atoms with Crippen LogP contribution in [0.1, 0.15) is 13.8 Å². The molecular weight excluding hydrogens is 160 g/mol. The molecule has 0 fully saturated rings. The minimum atomic E-state index is -0.456. The molecule has 0 N–H and O–H groups in total. The third-order valence-corrected chi connectivity index (χ3v) is 1.90. The minimum absolute atomic E-state index is 0.395. The predicted octanol–water partition coefficient (Wildman–Crippen LogP) is 0.605. The first-order chi connectivity index (χ1) is 5.54. The van der Waals surface area contributed by atoms with Crippen LogP contribution in [0.15, 0.2) is 0 Å². The summed E-state index contributed by atoms with van der Waals surface area (Å²) in [6.45, 7) is 3.26. The summed E-state index contributed by atoms with van der Waals surface area (Å²) in [4.78, 5) is 21.9. The van der Waals surface area contributed by atoms with Gasteiger partial charge in [-0.3, -0.25) is 9.59 Å². The van der Waals surface area contributed by atoms with Crippen LogP contribution in [0.3, 0.4) is 0 Å². The highest BCUT2D eigenvalue weighted by atomic mass is 16.5. The fourth-order valence-corrected chi connectivity index (χ4v) is 0.780. The molecule has 2 atom stereocenters. The van der Waals surface area contributed by atoms with Gasteiger partial charge in [-0.05, 0) is 0 Å². The highest BCUT2D eigenvalue weighted by molar-refractivity contribution is 5.81. The molecule has 2 unspecified atom stereocenters. The molecule has 0 aliphatic heterocycles. The van der Waals surface area contributed by atoms with E-state index in [-0.39, 0.29) is 0 Å². The van der Waals surface area contributed by atoms with Crippen molar-refractivity contribution in [2.24, 2.45) is 11.8 Å². The zero-order valence-electron chi connectivity index (χ0n) is 7.79. The number of esters is 2. The van der Waals surface area contributed by atoms with Crippen molar-refractivity contribution < 1.29 is 19.1 Å². The van der Waals surface area contributed by atoms with Crippen LogP contribution in [-0.4, -0.2) is 26.2 Å². The molecule has 0 amide bonds. The summed E-state index contributed by atoms with van der Waals surface area (Å²) in [5.74, 6) is -1.70. The number of ether oxygens (including phenoxy) is 2. The van der Waals surface area contributed by atoms with Crippen molar-refractivity contribution in [1.82, 2.24) is 0 Å². The van der Waals surface area contributed by atoms with Gasteiger partial charge in [-0.15, -0.1) is 0 Å². The van der Waals surface area contributed by atoms with Gasteiger partial charge in [0.1, 0.15) is 0 Å². The van der Waals surface area contributed by atoms with E-state index in [4.69, 9.17) is 0 Å². The highest BCUT2D eigenvalue weighted by Gasteiger charge is 2.27. The molecule has 4 nitrogen and oxygen atoms in total. The third kappa shape index (κ3) is 2.53. The van der Waals surface area contributed by atoms with Crippen molar-refractivity contribution >= 4 is 11.9 Å². The van der Waals surface area contributed by atoms with E-state index in [0.29, 0.717) is 0 Å². The summed E-state index contributed by atoms with van der Waals surface area (Å²) < 4.78 is 8.96. The fourth-order valence-electron chi connectivity index (χ4n) is 0.780. The standard InChI is InChI=1S/C8H14O4/c1-5(7(9)11-3)6(2)8(10)12-4/h5-6H,1-4H3. The Morgan fingerprint density at radius 2 is 1.17 bits per heavy atom. The summed E-state index contributed by atoms with van der Waals surface area (Å²) in [6.07, 6.45) is 0. The zero-order chi connectivity index (χ0) is 9.72. The van der Waals surface area contributed by atoms with Crippen molar-refractivity contribution in [1.29, 1.82) is 0 Å². The molecule has 70 valence electrons. The van der Waals surface area contributed by atoms with Crippen LogP contribution < -0.4 is 0 Å². The van der Waals surface area contributed by atoms with E-state index in [1.807, 2.05) is 0 Å². The van der Waals surface area contributed by atoms with Gasteiger partial charge < -0.3 is 9.47 Å². The lowest BCUT2D eigenvalue weighted by molar-refractivity contribution is -0.156. The quantitative estimate of drug-likeness (QED) is 0.588. The van der Waals surface area contributed by atoms with Gasteiger partial charge in [-0.2, -0.15) is 0 Å². The first-order valence-electron chi connectivity index (χ1n) is 3.70. The molecule has 0 aromatic heterocycles. The van der Waals surface area contributed by atoms with E-state index in [9.17, 15) is 9.59 Å². The second kappa shape index (κ2) is 4.74. The van der Waals surface area contributed by atoms with E-state index >= 15 is 0 Å². The smallest absolute Gasteiger partial charge is 0.309 e. The third-order valence-electron chi connectivity index (χ3n) is 1.90. The number of hydrogen-bond donors (Lipinski definition) is 0. The lowest BCUT2D eigenvalue weighted by atomic mass is 9.96. The molecule has 0 heterocycles. The Kier molecular flexibility index (Phi) is 4.33. The Bertz CT molecular complexity index is 156. The Balaban J connectivity index is 4.18. The molecular formula is C8H14O4. The van der Waals surface area contributed by atoms with Crippen molar-refractivity contribution in [3.8, 4) is 0 Å². The molecule has 0 aromatic carbocycles. The van der Waals surface area contributed by atoms with Crippen molar-refractivity contribution in [3.63, 3.8) is 0 Å². The van der Waals surface area contributed by atoms with Crippen LogP contribution in [0.5, 0.6) is 0 Å². The van der Waals surface area contributed by atoms with Gasteiger partial charge in [0.15, 0.2) is 0 Å². The van der Waals surface area contributed by atoms with Gasteiger partial charge in [-0.25, -0.2) is 0 Å². The van der Waals surface area contributed by atoms with Crippen LogP contribution in [-0.2, 0) is 19.1 Å². The summed E-state index contributed by atoms with van der Waals surface area (Å²) in [5.41, 5.74) is 0. The summed E-state index contributed by atoms with van der Waals surface area (Å²) >= 11 is 0. The maximum absolute atomic E-state index is 10.9. The molecule has 0 bridgehead atoms. The maximum atomic E-state index is 10.9. The van der Waals surface area contributed by atoms with E-state index < -0.39 is 23.8 Å². The van der Waals surface area contributed by atoms with Crippen LogP contribution in [0.25, 0.3) is 0 Å². The molecule has 0 aromatic rings. The molecule has 4 heteroatoms. The normalized spacial score (nSPS) is 14.7. The molecule has 12 heavy (non-hydrogen) atoms. The van der Waals surface area contributed by atoms with E-state index in [2.05, 4.69) is 9.47 Å². The fraction of sp³-hybridized carbons (Fsp3) is 0.750. The topological polar surface area (TPSA) is 52.6 Å². The monoisotopic (exact) mass is 174 g/mol. The zero-order valence-corrected chi connectivity index (χ0v) is 7.79. The van der Waals surface area contributed by atoms with Crippen LogP contribution >= 0.6 is 0 Å². The predicted molar refractivity (Wildman–Crippen MR) is 42.4 cm³/mol. The number of carbonyl (C=O) groups excluding carboxylic acids is 2. The second-order valence-electron chi connectivity index (χ2n) is 2.62. The SMILES string of the molecule is COC(=O)C(C)C(C)C(=O)OC. The number of hydrogen-bond acceptors (Lipinski definition) is 4. The lowest BCUT2D eigenvalue weighted by Crippen LogP contribution is -2.27. The van der Waals surface area contributed by atoms with E-state index in [1.165, 1.54) is 14.2 Å². The molecule has 0 saturated carbocycles. The van der Waals surface area contributed by atoms with Gasteiger partial charge >= 0.3 is 11.9 Å². The van der Waals surface area contributed by atoms with Gasteiger partial charge in [0, 0.05) is 0 Å². The molecule has 0 rings (SSSR count). The van der Waals surface area contributed by atoms with Crippen molar-refractivity contribution in [3.05, 3.63) is 0 Å². The maximum Gasteiger partial charge on any atom is 0.309 e. The number of carbonyl (C=O) groups is 2. The lowest BCUT2D eigenvalue weighted by Gasteiger charge is -2.14. The average Bonchev–Trinajstić information content (AvgIpc) is 2.12. The molecule has 0 radical (unpaired) electrons. The van der Waals surface area contributed by atoms with Gasteiger partial charge in [0.25, 0.3) is 0 Å². The van der Waals surface area contributed by atoms with Gasteiger partial charge in [-0.1, -0.05) is 13.8 Å². The summed E-state index contributed by atoms with van der Waals surface area (Å²) in [6, 6.07) is 0. The summed E-state index contributed by atoms with van der Waals surface area (Å²) in [7, 11) is 2.59. The van der Waals surface area contributed by atoms with Crippen LogP contribution in [0.2, 0.25) is 0 Å². The Hall–Kier alpha value is -1.06.